The molecule has 1 N–H and O–H groups in total. The summed E-state index contributed by atoms with van der Waals surface area (Å²) >= 11 is 3.45. The molecule has 1 aliphatic heterocycles. The maximum Gasteiger partial charge on any atom is 0.234 e. The molecule has 5 nitrogen and oxygen atoms in total. The van der Waals surface area contributed by atoms with E-state index < -0.39 is 0 Å². The fraction of sp³-hybridized carbons (Fsp3) is 0.643. The van der Waals surface area contributed by atoms with E-state index in [1.54, 1.807) is 0 Å². The highest BCUT2D eigenvalue weighted by molar-refractivity contribution is 9.10. The molecule has 1 aromatic rings. The number of nitrogens with zero attached hydrogens (tertiary/aromatic N) is 2. The number of nitrogens with one attached hydrogen (secondary N) is 1. The molecule has 1 aromatic heterocycles. The van der Waals surface area contributed by atoms with E-state index in [2.05, 4.69) is 31.9 Å². The van der Waals surface area contributed by atoms with E-state index in [9.17, 15) is 4.79 Å². The molecule has 0 aromatic carbocycles. The summed E-state index contributed by atoms with van der Waals surface area (Å²) in [6.07, 6.45) is 4.37. The first-order valence-electron chi connectivity index (χ1n) is 6.92. The first-order valence-corrected chi connectivity index (χ1v) is 7.71. The normalized spacial score (nSPS) is 18.7. The van der Waals surface area contributed by atoms with Gasteiger partial charge in [0.15, 0.2) is 0 Å². The zero-order chi connectivity index (χ0) is 14.5. The standard InChI is InChI=1S/C14H22BrN3O2/c1-17(9-12-6-11(15)8-18(12)2)10-14(19)16-7-13-4-3-5-20-13/h6,8,13H,3-5,7,9-10H2,1-2H3,(H,16,19). The van der Waals surface area contributed by atoms with Crippen molar-refractivity contribution in [1.82, 2.24) is 14.8 Å². The van der Waals surface area contributed by atoms with Crippen molar-refractivity contribution in [2.45, 2.75) is 25.5 Å². The van der Waals surface area contributed by atoms with Crippen molar-refractivity contribution >= 4 is 21.8 Å². The molecule has 112 valence electrons. The van der Waals surface area contributed by atoms with E-state index in [1.165, 1.54) is 5.69 Å². The maximum absolute atomic E-state index is 11.9. The second-order valence-electron chi connectivity index (χ2n) is 5.37. The van der Waals surface area contributed by atoms with Crippen molar-refractivity contribution in [1.29, 1.82) is 0 Å². The number of carbonyl (C=O) groups excluding carboxylic acids is 1. The number of aromatic nitrogens is 1. The lowest BCUT2D eigenvalue weighted by molar-refractivity contribution is -0.122. The third-order valence-corrected chi connectivity index (χ3v) is 3.90. The van der Waals surface area contributed by atoms with Gasteiger partial charge in [0, 0.05) is 43.1 Å². The molecular weight excluding hydrogens is 322 g/mol. The van der Waals surface area contributed by atoms with Crippen molar-refractivity contribution in [3.05, 3.63) is 22.4 Å². The van der Waals surface area contributed by atoms with Gasteiger partial charge in [-0.25, -0.2) is 0 Å². The Morgan fingerprint density at radius 3 is 3.05 bits per heavy atom. The van der Waals surface area contributed by atoms with Crippen molar-refractivity contribution in [3.63, 3.8) is 0 Å². The molecule has 1 amide bonds. The van der Waals surface area contributed by atoms with Crippen LogP contribution in [0.2, 0.25) is 0 Å². The predicted octanol–water partition coefficient (Wildman–Crippen LogP) is 1.51. The molecule has 1 unspecified atom stereocenters. The van der Waals surface area contributed by atoms with Gasteiger partial charge in [0.2, 0.25) is 5.91 Å². The molecular formula is C14H22BrN3O2. The van der Waals surface area contributed by atoms with E-state index in [1.807, 2.05) is 25.2 Å². The lowest BCUT2D eigenvalue weighted by Crippen LogP contribution is -2.38. The van der Waals surface area contributed by atoms with Crippen LogP contribution in [0.1, 0.15) is 18.5 Å². The number of hydrogen-bond acceptors (Lipinski definition) is 3. The second kappa shape index (κ2) is 7.24. The highest BCUT2D eigenvalue weighted by atomic mass is 79.9. The Balaban J connectivity index is 1.71. The third kappa shape index (κ3) is 4.61. The summed E-state index contributed by atoms with van der Waals surface area (Å²) in [4.78, 5) is 13.9. The number of halogens is 1. The van der Waals surface area contributed by atoms with Crippen molar-refractivity contribution in [3.8, 4) is 0 Å². The minimum atomic E-state index is 0.0521. The Morgan fingerprint density at radius 1 is 1.65 bits per heavy atom. The second-order valence-corrected chi connectivity index (χ2v) is 6.29. The summed E-state index contributed by atoms with van der Waals surface area (Å²) in [5.74, 6) is 0.0521. The minimum absolute atomic E-state index is 0.0521. The fourth-order valence-corrected chi connectivity index (χ4v) is 2.96. The van der Waals surface area contributed by atoms with Crippen LogP contribution in [0.3, 0.4) is 0 Å². The number of amides is 1. The number of hydrogen-bond donors (Lipinski definition) is 1. The zero-order valence-electron chi connectivity index (χ0n) is 12.1. The Bertz CT molecular complexity index is 455. The van der Waals surface area contributed by atoms with Gasteiger partial charge in [-0.05, 0) is 41.9 Å². The Hall–Kier alpha value is -0.850. The average molecular weight is 344 g/mol. The van der Waals surface area contributed by atoms with Gasteiger partial charge in [-0.3, -0.25) is 9.69 Å². The topological polar surface area (TPSA) is 46.5 Å². The molecule has 1 aliphatic rings. The monoisotopic (exact) mass is 343 g/mol. The van der Waals surface area contributed by atoms with Crippen LogP contribution in [0, 0.1) is 0 Å². The molecule has 0 aliphatic carbocycles. The maximum atomic E-state index is 11.9. The molecule has 2 heterocycles. The predicted molar refractivity (Wildman–Crippen MR) is 81.4 cm³/mol. The van der Waals surface area contributed by atoms with E-state index in [0.717, 1.165) is 30.5 Å². The third-order valence-electron chi connectivity index (χ3n) is 3.47. The van der Waals surface area contributed by atoms with Crippen molar-refractivity contribution < 1.29 is 9.53 Å². The highest BCUT2D eigenvalue weighted by Crippen LogP contribution is 2.14. The van der Waals surface area contributed by atoms with E-state index >= 15 is 0 Å². The molecule has 1 fully saturated rings. The highest BCUT2D eigenvalue weighted by Gasteiger charge is 2.16. The summed E-state index contributed by atoms with van der Waals surface area (Å²) in [6, 6.07) is 2.07. The van der Waals surface area contributed by atoms with Gasteiger partial charge in [-0.15, -0.1) is 0 Å². The van der Waals surface area contributed by atoms with Crippen LogP contribution < -0.4 is 5.32 Å². The summed E-state index contributed by atoms with van der Waals surface area (Å²) in [5, 5.41) is 2.94. The van der Waals surface area contributed by atoms with Crippen LogP contribution in [0.15, 0.2) is 16.7 Å². The van der Waals surface area contributed by atoms with Gasteiger partial charge in [-0.1, -0.05) is 0 Å². The average Bonchev–Trinajstić information content (AvgIpc) is 2.97. The number of carbonyl (C=O) groups is 1. The van der Waals surface area contributed by atoms with Crippen LogP contribution in [0.25, 0.3) is 0 Å². The fourth-order valence-electron chi connectivity index (χ4n) is 2.39. The molecule has 20 heavy (non-hydrogen) atoms. The van der Waals surface area contributed by atoms with E-state index in [4.69, 9.17) is 4.74 Å². The van der Waals surface area contributed by atoms with E-state index in [-0.39, 0.29) is 12.0 Å². The summed E-state index contributed by atoms with van der Waals surface area (Å²) < 4.78 is 8.61. The minimum Gasteiger partial charge on any atom is -0.376 e. The number of ether oxygens (including phenoxy) is 1. The summed E-state index contributed by atoms with van der Waals surface area (Å²) in [7, 11) is 3.96. The van der Waals surface area contributed by atoms with Crippen LogP contribution in [-0.4, -0.2) is 48.2 Å². The molecule has 0 bridgehead atoms. The molecule has 0 spiro atoms. The van der Waals surface area contributed by atoms with Crippen LogP contribution >= 0.6 is 15.9 Å². The number of likely N-dealkylation sites (N-methyl/N-ethyl adjacent to an activating group) is 1. The first-order chi connectivity index (χ1) is 9.54. The summed E-state index contributed by atoms with van der Waals surface area (Å²) in [5.41, 5.74) is 1.17. The van der Waals surface area contributed by atoms with Gasteiger partial charge in [0.05, 0.1) is 12.6 Å². The molecule has 6 heteroatoms. The molecule has 1 atom stereocenters. The lowest BCUT2D eigenvalue weighted by atomic mass is 10.2. The Morgan fingerprint density at radius 2 is 2.45 bits per heavy atom. The lowest BCUT2D eigenvalue weighted by Gasteiger charge is -2.17. The molecule has 2 rings (SSSR count). The van der Waals surface area contributed by atoms with Gasteiger partial charge in [0.1, 0.15) is 0 Å². The van der Waals surface area contributed by atoms with Gasteiger partial charge >= 0.3 is 0 Å². The molecule has 1 saturated heterocycles. The Labute approximate surface area is 128 Å². The SMILES string of the molecule is CN(CC(=O)NCC1CCCO1)Cc1cc(Br)cn1C. The first kappa shape index (κ1) is 15.5. The van der Waals surface area contributed by atoms with E-state index in [0.29, 0.717) is 13.1 Å². The van der Waals surface area contributed by atoms with Crippen molar-refractivity contribution in [2.75, 3.05) is 26.7 Å². The largest absolute Gasteiger partial charge is 0.376 e. The molecule has 0 saturated carbocycles. The van der Waals surface area contributed by atoms with Gasteiger partial charge in [0.25, 0.3) is 0 Å². The van der Waals surface area contributed by atoms with Gasteiger partial charge < -0.3 is 14.6 Å². The smallest absolute Gasteiger partial charge is 0.234 e. The van der Waals surface area contributed by atoms with Crippen LogP contribution in [0.5, 0.6) is 0 Å². The molecule has 0 radical (unpaired) electrons. The Kier molecular flexibility index (Phi) is 5.63. The quantitative estimate of drug-likeness (QED) is 0.851. The van der Waals surface area contributed by atoms with Gasteiger partial charge in [-0.2, -0.15) is 0 Å². The zero-order valence-corrected chi connectivity index (χ0v) is 13.6. The number of rotatable bonds is 6. The van der Waals surface area contributed by atoms with Crippen molar-refractivity contribution in [2.24, 2.45) is 7.05 Å². The summed E-state index contributed by atoms with van der Waals surface area (Å²) in [6.45, 7) is 2.59. The van der Waals surface area contributed by atoms with Crippen LogP contribution in [-0.2, 0) is 23.1 Å². The number of aryl methyl sites for hydroxylation is 1. The van der Waals surface area contributed by atoms with Crippen LogP contribution in [0.4, 0.5) is 0 Å².